The van der Waals surface area contributed by atoms with Gasteiger partial charge in [-0.2, -0.15) is 0 Å². The number of hydrogen-bond donors (Lipinski definition) is 1. The van der Waals surface area contributed by atoms with Crippen molar-refractivity contribution in [3.63, 3.8) is 0 Å². The maximum atomic E-state index is 5.69. The quantitative estimate of drug-likeness (QED) is 0.698. The minimum Gasteiger partial charge on any atom is -0.389 e. The van der Waals surface area contributed by atoms with Gasteiger partial charge in [-0.25, -0.2) is 0 Å². The number of thiocarbonyl (C=S) groups is 1. The molecule has 0 aliphatic carbocycles. The average molecular weight is 292 g/mol. The molecule has 0 aliphatic heterocycles. The van der Waals surface area contributed by atoms with Gasteiger partial charge in [0.05, 0.1) is 0 Å². The van der Waals surface area contributed by atoms with E-state index in [0.717, 1.165) is 24.6 Å². The summed E-state index contributed by atoms with van der Waals surface area (Å²) in [6.07, 6.45) is 5.22. The minimum absolute atomic E-state index is 0.476. The molecule has 0 fully saturated rings. The Morgan fingerprint density at radius 2 is 2.10 bits per heavy atom. The first kappa shape index (κ1) is 17.1. The van der Waals surface area contributed by atoms with Crippen molar-refractivity contribution in [2.24, 2.45) is 11.7 Å². The number of nitrogens with zero attached hydrogens (tertiary/aromatic N) is 1. The fourth-order valence-electron chi connectivity index (χ4n) is 2.56. The van der Waals surface area contributed by atoms with Crippen LogP contribution in [-0.2, 0) is 6.54 Å². The topological polar surface area (TPSA) is 29.3 Å². The van der Waals surface area contributed by atoms with Crippen LogP contribution < -0.4 is 5.73 Å². The zero-order chi connectivity index (χ0) is 15.0. The lowest BCUT2D eigenvalue weighted by Crippen LogP contribution is -2.25. The third-order valence-electron chi connectivity index (χ3n) is 3.78. The largest absolute Gasteiger partial charge is 0.389 e. The van der Waals surface area contributed by atoms with Crippen molar-refractivity contribution in [3.8, 4) is 0 Å². The van der Waals surface area contributed by atoms with Gasteiger partial charge in [0.2, 0.25) is 0 Å². The van der Waals surface area contributed by atoms with Crippen LogP contribution in [-0.4, -0.2) is 23.5 Å². The normalized spacial score (nSPS) is 12.6. The fraction of sp³-hybridized carbons (Fsp3) is 0.588. The van der Waals surface area contributed by atoms with Gasteiger partial charge < -0.3 is 10.6 Å². The lowest BCUT2D eigenvalue weighted by molar-refractivity contribution is 0.253. The monoisotopic (exact) mass is 292 g/mol. The van der Waals surface area contributed by atoms with E-state index >= 15 is 0 Å². The van der Waals surface area contributed by atoms with Gasteiger partial charge in [-0.05, 0) is 31.0 Å². The van der Waals surface area contributed by atoms with Crippen LogP contribution in [0, 0.1) is 5.92 Å². The van der Waals surface area contributed by atoms with Crippen LogP contribution in [0.25, 0.3) is 0 Å². The summed E-state index contributed by atoms with van der Waals surface area (Å²) < 4.78 is 0. The highest BCUT2D eigenvalue weighted by atomic mass is 32.1. The number of rotatable bonds is 9. The molecule has 0 saturated heterocycles. The molecule has 20 heavy (non-hydrogen) atoms. The first-order valence-corrected chi connectivity index (χ1v) is 8.04. The maximum Gasteiger partial charge on any atom is 0.103 e. The Balaban J connectivity index is 2.54. The molecule has 1 aromatic rings. The second-order valence-corrected chi connectivity index (χ2v) is 6.12. The molecule has 0 radical (unpaired) electrons. The summed E-state index contributed by atoms with van der Waals surface area (Å²) in [7, 11) is 2.20. The third-order valence-corrected chi connectivity index (χ3v) is 4.01. The van der Waals surface area contributed by atoms with E-state index in [1.807, 2.05) is 12.1 Å². The Morgan fingerprint density at radius 1 is 1.35 bits per heavy atom. The molecule has 112 valence electrons. The molecular formula is C17H28N2S. The molecule has 0 saturated carbocycles. The predicted octanol–water partition coefficient (Wildman–Crippen LogP) is 3.97. The smallest absolute Gasteiger partial charge is 0.103 e. The Bertz CT molecular complexity index is 417. The van der Waals surface area contributed by atoms with Crippen LogP contribution >= 0.6 is 12.2 Å². The Labute approximate surface area is 129 Å². The van der Waals surface area contributed by atoms with Crippen LogP contribution in [0.3, 0.4) is 0 Å². The van der Waals surface area contributed by atoms with Gasteiger partial charge in [-0.15, -0.1) is 0 Å². The maximum absolute atomic E-state index is 5.69. The SMILES string of the molecule is CCCCC(CC)CN(C)Cc1cccc(C(N)=S)c1. The van der Waals surface area contributed by atoms with Crippen molar-refractivity contribution in [3.05, 3.63) is 35.4 Å². The minimum atomic E-state index is 0.476. The zero-order valence-corrected chi connectivity index (χ0v) is 13.9. The summed E-state index contributed by atoms with van der Waals surface area (Å²) in [6.45, 7) is 6.67. The van der Waals surface area contributed by atoms with Crippen molar-refractivity contribution in [1.29, 1.82) is 0 Å². The molecule has 1 atom stereocenters. The molecule has 2 nitrogen and oxygen atoms in total. The predicted molar refractivity (Wildman–Crippen MR) is 92.0 cm³/mol. The highest BCUT2D eigenvalue weighted by Gasteiger charge is 2.10. The van der Waals surface area contributed by atoms with Crippen LogP contribution in [0.5, 0.6) is 0 Å². The molecule has 0 spiro atoms. The van der Waals surface area contributed by atoms with E-state index in [0.29, 0.717) is 4.99 Å². The highest BCUT2D eigenvalue weighted by Crippen LogP contribution is 2.15. The van der Waals surface area contributed by atoms with Crippen molar-refractivity contribution in [2.75, 3.05) is 13.6 Å². The van der Waals surface area contributed by atoms with Crippen LogP contribution in [0.2, 0.25) is 0 Å². The van der Waals surface area contributed by atoms with E-state index < -0.39 is 0 Å². The highest BCUT2D eigenvalue weighted by molar-refractivity contribution is 7.80. The first-order chi connectivity index (χ1) is 9.56. The number of hydrogen-bond acceptors (Lipinski definition) is 2. The molecule has 3 heteroatoms. The van der Waals surface area contributed by atoms with Crippen molar-refractivity contribution >= 4 is 17.2 Å². The molecule has 1 aromatic carbocycles. The first-order valence-electron chi connectivity index (χ1n) is 7.64. The van der Waals surface area contributed by atoms with Crippen molar-refractivity contribution in [1.82, 2.24) is 4.90 Å². The molecule has 0 bridgehead atoms. The number of nitrogens with two attached hydrogens (primary N) is 1. The van der Waals surface area contributed by atoms with Gasteiger partial charge in [0.1, 0.15) is 4.99 Å². The van der Waals surface area contributed by atoms with Crippen LogP contribution in [0.1, 0.15) is 50.7 Å². The van der Waals surface area contributed by atoms with E-state index in [-0.39, 0.29) is 0 Å². The standard InChI is InChI=1S/C17H28N2S/c1-4-6-8-14(5-2)12-19(3)13-15-9-7-10-16(11-15)17(18)20/h7,9-11,14H,4-6,8,12-13H2,1-3H3,(H2,18,20). The van der Waals surface area contributed by atoms with Crippen molar-refractivity contribution < 1.29 is 0 Å². The summed E-state index contributed by atoms with van der Waals surface area (Å²) in [5.74, 6) is 0.804. The average Bonchev–Trinajstić information content (AvgIpc) is 2.43. The van der Waals surface area contributed by atoms with E-state index in [1.54, 1.807) is 0 Å². The van der Waals surface area contributed by atoms with Gasteiger partial charge in [-0.3, -0.25) is 0 Å². The third kappa shape index (κ3) is 6.02. The van der Waals surface area contributed by atoms with E-state index in [9.17, 15) is 0 Å². The summed E-state index contributed by atoms with van der Waals surface area (Å²) >= 11 is 5.04. The molecule has 0 heterocycles. The number of benzene rings is 1. The summed E-state index contributed by atoms with van der Waals surface area (Å²) in [5.41, 5.74) is 7.93. The lowest BCUT2D eigenvalue weighted by Gasteiger charge is -2.23. The van der Waals surface area contributed by atoms with E-state index in [1.165, 1.54) is 31.2 Å². The molecule has 1 unspecified atom stereocenters. The molecule has 0 aliphatic rings. The van der Waals surface area contributed by atoms with Crippen LogP contribution in [0.4, 0.5) is 0 Å². The van der Waals surface area contributed by atoms with Gasteiger partial charge in [-0.1, -0.05) is 63.5 Å². The second-order valence-electron chi connectivity index (χ2n) is 5.68. The van der Waals surface area contributed by atoms with Gasteiger partial charge in [0.15, 0.2) is 0 Å². The Kier molecular flexibility index (Phi) is 7.78. The van der Waals surface area contributed by atoms with Crippen LogP contribution in [0.15, 0.2) is 24.3 Å². The Hall–Kier alpha value is -0.930. The molecule has 2 N–H and O–H groups in total. The number of unbranched alkanes of at least 4 members (excludes halogenated alkanes) is 1. The van der Waals surface area contributed by atoms with Crippen molar-refractivity contribution in [2.45, 2.75) is 46.1 Å². The molecular weight excluding hydrogens is 264 g/mol. The van der Waals surface area contributed by atoms with Gasteiger partial charge in [0, 0.05) is 18.7 Å². The second kappa shape index (κ2) is 9.09. The molecule has 0 aromatic heterocycles. The molecule has 0 amide bonds. The summed E-state index contributed by atoms with van der Waals surface area (Å²) in [5, 5.41) is 0. The van der Waals surface area contributed by atoms with Gasteiger partial charge in [0.25, 0.3) is 0 Å². The zero-order valence-electron chi connectivity index (χ0n) is 13.1. The Morgan fingerprint density at radius 3 is 2.70 bits per heavy atom. The lowest BCUT2D eigenvalue weighted by atomic mass is 9.98. The fourth-order valence-corrected chi connectivity index (χ4v) is 2.68. The van der Waals surface area contributed by atoms with E-state index in [4.69, 9.17) is 18.0 Å². The summed E-state index contributed by atoms with van der Waals surface area (Å²) in [6, 6.07) is 8.26. The summed E-state index contributed by atoms with van der Waals surface area (Å²) in [4.78, 5) is 2.88. The molecule has 1 rings (SSSR count). The van der Waals surface area contributed by atoms with E-state index in [2.05, 4.69) is 37.9 Å². The van der Waals surface area contributed by atoms with Gasteiger partial charge >= 0.3 is 0 Å².